The van der Waals surface area contributed by atoms with Gasteiger partial charge in [-0.3, -0.25) is 0 Å². The first kappa shape index (κ1) is 13.7. The molecule has 0 fully saturated rings. The Morgan fingerprint density at radius 3 is 1.86 bits per heavy atom. The van der Waals surface area contributed by atoms with Crippen LogP contribution in [-0.4, -0.2) is 0 Å². The second-order valence-corrected chi connectivity index (χ2v) is 4.42. The van der Waals surface area contributed by atoms with Crippen LogP contribution < -0.4 is 0 Å². The number of unbranched alkanes of at least 4 members (excludes halogenated alkanes) is 2. The minimum atomic E-state index is 0.777. The third-order valence-electron chi connectivity index (χ3n) is 2.87. The highest BCUT2D eigenvalue weighted by molar-refractivity contribution is 5.03. The first-order chi connectivity index (χ1) is 6.74. The van der Waals surface area contributed by atoms with Crippen LogP contribution in [0.25, 0.3) is 0 Å². The van der Waals surface area contributed by atoms with Crippen molar-refractivity contribution in [3.63, 3.8) is 0 Å². The van der Waals surface area contributed by atoms with Crippen molar-refractivity contribution in [1.29, 1.82) is 0 Å². The monoisotopic (exact) mass is 196 g/mol. The Hall–Kier alpha value is -0.260. The molecule has 0 aromatic heterocycles. The van der Waals surface area contributed by atoms with E-state index in [1.54, 1.807) is 5.57 Å². The van der Waals surface area contributed by atoms with Crippen molar-refractivity contribution in [1.82, 2.24) is 0 Å². The fraction of sp³-hybridized carbons (Fsp3) is 0.857. The van der Waals surface area contributed by atoms with Gasteiger partial charge in [-0.15, -0.1) is 0 Å². The van der Waals surface area contributed by atoms with Crippen LogP contribution in [0.4, 0.5) is 0 Å². The highest BCUT2D eigenvalue weighted by atomic mass is 14.1. The summed E-state index contributed by atoms with van der Waals surface area (Å²) >= 11 is 0. The lowest BCUT2D eigenvalue weighted by molar-refractivity contribution is 0.657. The van der Waals surface area contributed by atoms with Gasteiger partial charge in [0.05, 0.1) is 0 Å². The Labute approximate surface area is 90.8 Å². The van der Waals surface area contributed by atoms with Crippen molar-refractivity contribution < 1.29 is 0 Å². The van der Waals surface area contributed by atoms with Gasteiger partial charge in [-0.05, 0) is 31.6 Å². The van der Waals surface area contributed by atoms with Gasteiger partial charge in [0.25, 0.3) is 0 Å². The van der Waals surface area contributed by atoms with Crippen LogP contribution >= 0.6 is 0 Å². The topological polar surface area (TPSA) is 0 Å². The summed E-state index contributed by atoms with van der Waals surface area (Å²) in [5.41, 5.74) is 1.71. The van der Waals surface area contributed by atoms with E-state index in [1.807, 2.05) is 0 Å². The Morgan fingerprint density at radius 2 is 1.50 bits per heavy atom. The summed E-state index contributed by atoms with van der Waals surface area (Å²) in [6.07, 6.45) is 11.8. The predicted octanol–water partition coefficient (Wildman–Crippen LogP) is 5.34. The van der Waals surface area contributed by atoms with E-state index in [1.165, 1.54) is 44.9 Å². The summed E-state index contributed by atoms with van der Waals surface area (Å²) in [4.78, 5) is 0. The summed E-state index contributed by atoms with van der Waals surface area (Å²) < 4.78 is 0. The molecule has 0 saturated carbocycles. The van der Waals surface area contributed by atoms with E-state index in [9.17, 15) is 0 Å². The number of hydrogen-bond acceptors (Lipinski definition) is 0. The molecule has 0 saturated heterocycles. The molecule has 0 heteroatoms. The average Bonchev–Trinajstić information content (AvgIpc) is 2.21. The maximum Gasteiger partial charge on any atom is -0.0262 e. The summed E-state index contributed by atoms with van der Waals surface area (Å²) in [6.45, 7) is 9.16. The van der Waals surface area contributed by atoms with Gasteiger partial charge in [0.1, 0.15) is 0 Å². The number of rotatable bonds is 8. The molecule has 84 valence electrons. The van der Waals surface area contributed by atoms with Crippen molar-refractivity contribution in [2.24, 2.45) is 5.92 Å². The highest BCUT2D eigenvalue weighted by Gasteiger charge is 2.00. The minimum Gasteiger partial charge on any atom is -0.0825 e. The van der Waals surface area contributed by atoms with Crippen molar-refractivity contribution >= 4 is 0 Å². The van der Waals surface area contributed by atoms with Crippen LogP contribution in [-0.2, 0) is 0 Å². The highest BCUT2D eigenvalue weighted by Crippen LogP contribution is 2.18. The SMILES string of the molecule is CCCCC(=CC(C)CC)CCCC. The molecular weight excluding hydrogens is 168 g/mol. The molecule has 1 unspecified atom stereocenters. The van der Waals surface area contributed by atoms with Gasteiger partial charge in [-0.25, -0.2) is 0 Å². The maximum absolute atomic E-state index is 2.52. The largest absolute Gasteiger partial charge is 0.0825 e. The van der Waals surface area contributed by atoms with E-state index in [0.717, 1.165) is 5.92 Å². The van der Waals surface area contributed by atoms with Crippen molar-refractivity contribution in [3.05, 3.63) is 11.6 Å². The molecule has 1 atom stereocenters. The standard InChI is InChI=1S/C14H28/c1-5-8-10-14(11-9-6-2)12-13(4)7-3/h12-13H,5-11H2,1-4H3. The summed E-state index contributed by atoms with van der Waals surface area (Å²) in [5, 5.41) is 0. The zero-order valence-electron chi connectivity index (χ0n) is 10.6. The molecule has 0 nitrogen and oxygen atoms in total. The first-order valence-electron chi connectivity index (χ1n) is 6.44. The molecule has 0 aromatic rings. The predicted molar refractivity (Wildman–Crippen MR) is 66.6 cm³/mol. The molecule has 0 heterocycles. The molecular formula is C14H28. The van der Waals surface area contributed by atoms with Gasteiger partial charge in [0, 0.05) is 0 Å². The normalized spacial score (nSPS) is 12.6. The van der Waals surface area contributed by atoms with Crippen LogP contribution in [0.1, 0.15) is 72.6 Å². The quantitative estimate of drug-likeness (QED) is 0.460. The number of allylic oxidation sites excluding steroid dienone is 2. The third-order valence-corrected chi connectivity index (χ3v) is 2.87. The lowest BCUT2D eigenvalue weighted by atomic mass is 9.97. The van der Waals surface area contributed by atoms with Gasteiger partial charge in [-0.2, -0.15) is 0 Å². The lowest BCUT2D eigenvalue weighted by Crippen LogP contribution is -1.92. The second kappa shape index (κ2) is 9.30. The lowest BCUT2D eigenvalue weighted by Gasteiger charge is -2.09. The average molecular weight is 196 g/mol. The zero-order valence-corrected chi connectivity index (χ0v) is 10.6. The van der Waals surface area contributed by atoms with Gasteiger partial charge in [-0.1, -0.05) is 58.6 Å². The Morgan fingerprint density at radius 1 is 1.00 bits per heavy atom. The van der Waals surface area contributed by atoms with E-state index in [0.29, 0.717) is 0 Å². The molecule has 0 N–H and O–H groups in total. The fourth-order valence-corrected chi connectivity index (χ4v) is 1.62. The van der Waals surface area contributed by atoms with Crippen LogP contribution in [0, 0.1) is 5.92 Å². The smallest absolute Gasteiger partial charge is 0.0262 e. The van der Waals surface area contributed by atoms with Crippen molar-refractivity contribution in [2.75, 3.05) is 0 Å². The molecule has 0 bridgehead atoms. The molecule has 0 radical (unpaired) electrons. The van der Waals surface area contributed by atoms with E-state index in [-0.39, 0.29) is 0 Å². The molecule has 0 aromatic carbocycles. The fourth-order valence-electron chi connectivity index (χ4n) is 1.62. The van der Waals surface area contributed by atoms with E-state index in [2.05, 4.69) is 33.8 Å². The second-order valence-electron chi connectivity index (χ2n) is 4.42. The van der Waals surface area contributed by atoms with Crippen LogP contribution in [0.2, 0.25) is 0 Å². The Kier molecular flexibility index (Phi) is 9.13. The maximum atomic E-state index is 2.52. The van der Waals surface area contributed by atoms with E-state index in [4.69, 9.17) is 0 Å². The molecule has 0 rings (SSSR count). The zero-order chi connectivity index (χ0) is 10.8. The van der Waals surface area contributed by atoms with Crippen molar-refractivity contribution in [2.45, 2.75) is 72.6 Å². The molecule has 0 aliphatic heterocycles. The van der Waals surface area contributed by atoms with Gasteiger partial charge < -0.3 is 0 Å². The van der Waals surface area contributed by atoms with E-state index < -0.39 is 0 Å². The summed E-state index contributed by atoms with van der Waals surface area (Å²) in [7, 11) is 0. The molecule has 14 heavy (non-hydrogen) atoms. The first-order valence-corrected chi connectivity index (χ1v) is 6.44. The molecule has 0 amide bonds. The summed E-state index contributed by atoms with van der Waals surface area (Å²) in [5.74, 6) is 0.777. The number of hydrogen-bond donors (Lipinski definition) is 0. The molecule has 0 spiro atoms. The van der Waals surface area contributed by atoms with Gasteiger partial charge in [0.15, 0.2) is 0 Å². The van der Waals surface area contributed by atoms with Crippen LogP contribution in [0.3, 0.4) is 0 Å². The van der Waals surface area contributed by atoms with Gasteiger partial charge >= 0.3 is 0 Å². The van der Waals surface area contributed by atoms with Crippen LogP contribution in [0.15, 0.2) is 11.6 Å². The van der Waals surface area contributed by atoms with Crippen LogP contribution in [0.5, 0.6) is 0 Å². The minimum absolute atomic E-state index is 0.777. The Bertz CT molecular complexity index is 134. The third kappa shape index (κ3) is 7.17. The summed E-state index contributed by atoms with van der Waals surface area (Å²) in [6, 6.07) is 0. The molecule has 0 aliphatic carbocycles. The van der Waals surface area contributed by atoms with Gasteiger partial charge in [0.2, 0.25) is 0 Å². The Balaban J connectivity index is 4.00. The van der Waals surface area contributed by atoms with Crippen molar-refractivity contribution in [3.8, 4) is 0 Å². The van der Waals surface area contributed by atoms with E-state index >= 15 is 0 Å². The molecule has 0 aliphatic rings.